The van der Waals surface area contributed by atoms with Crippen molar-refractivity contribution in [2.45, 2.75) is 31.5 Å². The molecule has 0 radical (unpaired) electrons. The largest absolute Gasteiger partial charge is 0.502 e. The number of alkyl halides is 2. The highest BCUT2D eigenvalue weighted by Gasteiger charge is 2.49. The van der Waals surface area contributed by atoms with Crippen molar-refractivity contribution in [1.82, 2.24) is 19.7 Å². The number of hydrogen-bond acceptors (Lipinski definition) is 8. The van der Waals surface area contributed by atoms with Crippen molar-refractivity contribution < 1.29 is 37.4 Å². The minimum Gasteiger partial charge on any atom is -0.465 e. The predicted octanol–water partition coefficient (Wildman–Crippen LogP) is 2.49. The number of nitrogens with zero attached hydrogens (tertiary/aromatic N) is 5. The number of oxazole rings is 1. The molecule has 2 bridgehead atoms. The van der Waals surface area contributed by atoms with Gasteiger partial charge in [0.25, 0.3) is 6.01 Å². The van der Waals surface area contributed by atoms with Crippen molar-refractivity contribution >= 4 is 29.2 Å². The molecule has 1 aromatic carbocycles. The second kappa shape index (κ2) is 7.60. The molecule has 0 saturated carbocycles. The fourth-order valence-electron chi connectivity index (χ4n) is 4.24. The number of fused-ring (bicyclic) bond motifs is 3. The lowest BCUT2D eigenvalue weighted by atomic mass is 9.88. The van der Waals surface area contributed by atoms with Crippen LogP contribution in [0.5, 0.6) is 5.75 Å². The summed E-state index contributed by atoms with van der Waals surface area (Å²) in [6, 6.07) is 4.12. The Bertz CT molecular complexity index is 1200. The first-order chi connectivity index (χ1) is 15.8. The fourth-order valence-corrected chi connectivity index (χ4v) is 4.24. The molecule has 3 aliphatic rings. The van der Waals surface area contributed by atoms with Gasteiger partial charge < -0.3 is 23.9 Å². The van der Waals surface area contributed by atoms with Gasteiger partial charge in [-0.15, -0.1) is 0 Å². The van der Waals surface area contributed by atoms with Crippen molar-refractivity contribution in [3.05, 3.63) is 30.6 Å². The summed E-state index contributed by atoms with van der Waals surface area (Å²) in [5.41, 5.74) is 0.520. The van der Waals surface area contributed by atoms with Crippen LogP contribution < -0.4 is 9.64 Å². The van der Waals surface area contributed by atoms with Gasteiger partial charge in [0.15, 0.2) is 16.8 Å². The van der Waals surface area contributed by atoms with Gasteiger partial charge in [0.2, 0.25) is 0 Å². The Balaban J connectivity index is 1.52. The number of hydrogen-bond donors (Lipinski definition) is 1. The number of esters is 1. The third-order valence-corrected chi connectivity index (χ3v) is 5.66. The summed E-state index contributed by atoms with van der Waals surface area (Å²) >= 11 is 0. The van der Waals surface area contributed by atoms with E-state index in [1.54, 1.807) is 23.4 Å². The van der Waals surface area contributed by atoms with Crippen LogP contribution in [-0.2, 0) is 9.53 Å². The van der Waals surface area contributed by atoms with E-state index in [4.69, 9.17) is 9.15 Å². The van der Waals surface area contributed by atoms with Crippen LogP contribution in [-0.4, -0.2) is 74.7 Å². The lowest BCUT2D eigenvalue weighted by Crippen LogP contribution is -2.70. The van der Waals surface area contributed by atoms with Crippen LogP contribution in [0.15, 0.2) is 35.0 Å². The molecule has 6 rings (SSSR count). The first-order valence-electron chi connectivity index (χ1n) is 10.2. The highest BCUT2D eigenvalue weighted by Crippen LogP contribution is 2.39. The van der Waals surface area contributed by atoms with Crippen molar-refractivity contribution in [1.29, 1.82) is 0 Å². The Kier molecular flexibility index (Phi) is 4.83. The molecular weight excluding hydrogens is 444 g/mol. The molecule has 3 aromatic rings. The van der Waals surface area contributed by atoms with Crippen LogP contribution in [0.2, 0.25) is 0 Å². The average molecular weight is 463 g/mol. The maximum absolute atomic E-state index is 14.3. The van der Waals surface area contributed by atoms with Gasteiger partial charge in [-0.1, -0.05) is 0 Å². The second-order valence-electron chi connectivity index (χ2n) is 7.69. The van der Waals surface area contributed by atoms with Gasteiger partial charge in [-0.3, -0.25) is 4.90 Å². The zero-order chi connectivity index (χ0) is 23.3. The molecule has 1 N–H and O–H groups in total. The number of amides is 1. The van der Waals surface area contributed by atoms with Crippen LogP contribution in [0.25, 0.3) is 16.8 Å². The maximum atomic E-state index is 14.3. The monoisotopic (exact) mass is 463 g/mol. The van der Waals surface area contributed by atoms with Crippen LogP contribution in [0.4, 0.5) is 19.6 Å². The second-order valence-corrected chi connectivity index (χ2v) is 7.69. The summed E-state index contributed by atoms with van der Waals surface area (Å²) in [6.45, 7) is 1.87. The van der Waals surface area contributed by atoms with Gasteiger partial charge in [-0.2, -0.15) is 18.9 Å². The first-order valence-corrected chi connectivity index (χ1v) is 10.2. The average Bonchev–Trinajstić information content (AvgIpc) is 3.44. The van der Waals surface area contributed by atoms with Crippen molar-refractivity contribution in [3.8, 4) is 11.4 Å². The van der Waals surface area contributed by atoms with E-state index in [9.17, 15) is 23.5 Å². The number of anilines is 1. The number of ether oxygens (including phenoxy) is 2. The molecule has 2 atom stereocenters. The number of carboxylic acid groups (broad SMARTS) is 1. The fraction of sp³-hybridized carbons (Fsp3) is 0.400. The van der Waals surface area contributed by atoms with Gasteiger partial charge in [0, 0.05) is 25.5 Å². The van der Waals surface area contributed by atoms with E-state index in [0.717, 1.165) is 6.42 Å². The summed E-state index contributed by atoms with van der Waals surface area (Å²) in [5, 5.41) is 13.5. The number of carbonyl (C=O) groups excluding carboxylic acids is 1. The minimum absolute atomic E-state index is 0.0312. The van der Waals surface area contributed by atoms with Crippen molar-refractivity contribution in [2.24, 2.45) is 0 Å². The van der Waals surface area contributed by atoms with E-state index < -0.39 is 18.2 Å². The van der Waals surface area contributed by atoms with E-state index in [-0.39, 0.29) is 41.6 Å². The maximum Gasteiger partial charge on any atom is 0.502 e. The summed E-state index contributed by atoms with van der Waals surface area (Å²) in [5.74, 6) is -2.19. The van der Waals surface area contributed by atoms with Crippen LogP contribution >= 0.6 is 0 Å². The van der Waals surface area contributed by atoms with Gasteiger partial charge >= 0.3 is 18.2 Å². The highest BCUT2D eigenvalue weighted by molar-refractivity contribution is 5.89. The molecule has 33 heavy (non-hydrogen) atoms. The molecular formula is C20H19F2N5O6. The van der Waals surface area contributed by atoms with Gasteiger partial charge in [0.05, 0.1) is 18.7 Å². The van der Waals surface area contributed by atoms with E-state index >= 15 is 0 Å². The van der Waals surface area contributed by atoms with Crippen LogP contribution in [0, 0.1) is 0 Å². The number of piperazine rings is 1. The van der Waals surface area contributed by atoms with Crippen molar-refractivity contribution in [2.75, 3.05) is 24.6 Å². The molecule has 1 amide bonds. The molecule has 13 heteroatoms. The number of benzene rings is 1. The molecule has 3 fully saturated rings. The van der Waals surface area contributed by atoms with Crippen molar-refractivity contribution in [3.63, 3.8) is 0 Å². The Morgan fingerprint density at radius 1 is 1.30 bits per heavy atom. The quantitative estimate of drug-likeness (QED) is 0.549. The molecule has 3 aliphatic heterocycles. The number of rotatable bonds is 6. The van der Waals surface area contributed by atoms with Crippen LogP contribution in [0.3, 0.4) is 0 Å². The van der Waals surface area contributed by atoms with E-state index in [0.29, 0.717) is 18.8 Å². The number of piperidine rings is 1. The zero-order valence-electron chi connectivity index (χ0n) is 17.4. The topological polar surface area (TPSA) is 123 Å². The van der Waals surface area contributed by atoms with Crippen LogP contribution in [0.1, 0.15) is 13.3 Å². The zero-order valence-corrected chi connectivity index (χ0v) is 17.4. The highest BCUT2D eigenvalue weighted by atomic mass is 19.3. The number of halogens is 2. The molecule has 0 aliphatic carbocycles. The summed E-state index contributed by atoms with van der Waals surface area (Å²) < 4.78 is 45.1. The first kappa shape index (κ1) is 21.0. The Morgan fingerprint density at radius 2 is 2.06 bits per heavy atom. The molecule has 5 heterocycles. The Labute approximate surface area is 185 Å². The normalized spacial score (nSPS) is 20.0. The predicted molar refractivity (Wildman–Crippen MR) is 108 cm³/mol. The minimum atomic E-state index is -4.23. The third kappa shape index (κ3) is 3.49. The summed E-state index contributed by atoms with van der Waals surface area (Å²) in [7, 11) is 0. The molecule has 0 spiro atoms. The SMILES string of the molecule is CCOC(=O)C(F)(F)Oc1ccc(-n2cccn2)c2oc(N3CC4CC(C3)N4C(=O)O)nc12. The Morgan fingerprint density at radius 3 is 2.70 bits per heavy atom. The van der Waals surface area contributed by atoms with E-state index in [1.807, 2.05) is 0 Å². The van der Waals surface area contributed by atoms with Gasteiger partial charge in [-0.25, -0.2) is 14.3 Å². The number of aromatic nitrogens is 3. The summed E-state index contributed by atoms with van der Waals surface area (Å²) in [6.07, 6.45) is -1.29. The lowest BCUT2D eigenvalue weighted by molar-refractivity contribution is -0.216. The van der Waals surface area contributed by atoms with Gasteiger partial charge in [-0.05, 0) is 31.5 Å². The third-order valence-electron chi connectivity index (χ3n) is 5.66. The molecule has 3 saturated heterocycles. The van der Waals surface area contributed by atoms with E-state index in [1.165, 1.54) is 28.6 Å². The van der Waals surface area contributed by atoms with Gasteiger partial charge in [0.1, 0.15) is 5.69 Å². The van der Waals surface area contributed by atoms with E-state index in [2.05, 4.69) is 14.8 Å². The molecule has 2 aromatic heterocycles. The standard InChI is InChI=1S/C20H19F2N5O6/c1-2-31-17(28)20(21,22)33-14-5-4-13(26-7-3-6-23-26)16-15(14)24-18(32-16)25-9-11-8-12(10-25)27(11)19(29)30/h3-7,11-12H,2,8-10H2,1H3,(H,29,30). The lowest BCUT2D eigenvalue weighted by Gasteiger charge is -2.54. The Hall–Kier alpha value is -3.90. The number of carbonyl (C=O) groups is 2. The smallest absolute Gasteiger partial charge is 0.465 e. The summed E-state index contributed by atoms with van der Waals surface area (Å²) in [4.78, 5) is 30.5. The molecule has 174 valence electrons. The molecule has 11 nitrogen and oxygen atoms in total. The molecule has 2 unspecified atom stereocenters.